The lowest BCUT2D eigenvalue weighted by Gasteiger charge is -2.09. The Labute approximate surface area is 95.4 Å². The van der Waals surface area contributed by atoms with Crippen LogP contribution in [0.5, 0.6) is 0 Å². The van der Waals surface area contributed by atoms with Gasteiger partial charge < -0.3 is 5.32 Å². The first-order valence-electron chi connectivity index (χ1n) is 4.41. The third kappa shape index (κ3) is 3.73. The molecule has 0 saturated carbocycles. The molecule has 0 atom stereocenters. The highest BCUT2D eigenvalue weighted by Gasteiger charge is 2.28. The average Bonchev–Trinajstić information content (AvgIpc) is 2.13. The zero-order chi connectivity index (χ0) is 12.3. The molecule has 6 heteroatoms. The third-order valence-corrected chi connectivity index (χ3v) is 2.13. The second-order valence-corrected chi connectivity index (χ2v) is 3.69. The van der Waals surface area contributed by atoms with E-state index in [1.54, 1.807) is 18.3 Å². The van der Waals surface area contributed by atoms with Gasteiger partial charge in [0.15, 0.2) is 0 Å². The highest BCUT2D eigenvalue weighted by atomic mass is 35.5. The molecule has 0 saturated heterocycles. The van der Waals surface area contributed by atoms with Crippen LogP contribution in [0.3, 0.4) is 0 Å². The summed E-state index contributed by atoms with van der Waals surface area (Å²) in [5.41, 5.74) is 0.869. The highest BCUT2D eigenvalue weighted by molar-refractivity contribution is 6.33. The predicted molar refractivity (Wildman–Crippen MR) is 54.6 cm³/mol. The van der Waals surface area contributed by atoms with Gasteiger partial charge in [0, 0.05) is 0 Å². The van der Waals surface area contributed by atoms with Crippen LogP contribution in [0, 0.1) is 6.92 Å². The van der Waals surface area contributed by atoms with Gasteiger partial charge in [-0.2, -0.15) is 13.2 Å². The first-order chi connectivity index (χ1) is 7.29. The van der Waals surface area contributed by atoms with E-state index in [-0.39, 0.29) is 10.6 Å². The lowest BCUT2D eigenvalue weighted by molar-refractivity contribution is -0.123. The van der Waals surface area contributed by atoms with Crippen molar-refractivity contribution in [1.82, 2.24) is 5.32 Å². The summed E-state index contributed by atoms with van der Waals surface area (Å²) in [4.78, 5) is 11.3. The Morgan fingerprint density at radius 1 is 1.44 bits per heavy atom. The maximum atomic E-state index is 11.8. The second-order valence-electron chi connectivity index (χ2n) is 3.28. The average molecular weight is 252 g/mol. The van der Waals surface area contributed by atoms with Crippen LogP contribution in [-0.4, -0.2) is 18.6 Å². The first kappa shape index (κ1) is 12.8. The van der Waals surface area contributed by atoms with Crippen LogP contribution in [0.2, 0.25) is 5.02 Å². The number of carbonyl (C=O) groups excluding carboxylic acids is 1. The minimum absolute atomic E-state index is 0.0384. The number of aryl methyl sites for hydroxylation is 1. The quantitative estimate of drug-likeness (QED) is 0.860. The fourth-order valence-corrected chi connectivity index (χ4v) is 1.40. The van der Waals surface area contributed by atoms with E-state index < -0.39 is 18.6 Å². The fraction of sp³-hybridized carbons (Fsp3) is 0.300. The van der Waals surface area contributed by atoms with Crippen molar-refractivity contribution in [3.8, 4) is 0 Å². The molecule has 0 heterocycles. The number of carbonyl (C=O) groups is 1. The Bertz CT molecular complexity index is 404. The zero-order valence-corrected chi connectivity index (χ0v) is 9.12. The van der Waals surface area contributed by atoms with Crippen LogP contribution in [-0.2, 0) is 0 Å². The molecule has 1 aromatic carbocycles. The lowest BCUT2D eigenvalue weighted by Crippen LogP contribution is -2.33. The molecule has 0 unspecified atom stereocenters. The van der Waals surface area contributed by atoms with E-state index in [4.69, 9.17) is 11.6 Å². The number of halogens is 4. The van der Waals surface area contributed by atoms with Gasteiger partial charge in [0.2, 0.25) is 0 Å². The molecule has 16 heavy (non-hydrogen) atoms. The van der Waals surface area contributed by atoms with E-state index in [9.17, 15) is 18.0 Å². The smallest absolute Gasteiger partial charge is 0.343 e. The number of amides is 1. The van der Waals surface area contributed by atoms with Crippen LogP contribution >= 0.6 is 11.6 Å². The van der Waals surface area contributed by atoms with Gasteiger partial charge in [-0.05, 0) is 24.6 Å². The van der Waals surface area contributed by atoms with Crippen LogP contribution < -0.4 is 5.32 Å². The maximum absolute atomic E-state index is 11.8. The fourth-order valence-electron chi connectivity index (χ4n) is 1.08. The summed E-state index contributed by atoms with van der Waals surface area (Å²) in [6.07, 6.45) is -4.42. The lowest BCUT2D eigenvalue weighted by atomic mass is 10.1. The van der Waals surface area contributed by atoms with Crippen LogP contribution in [0.15, 0.2) is 18.2 Å². The zero-order valence-electron chi connectivity index (χ0n) is 8.36. The van der Waals surface area contributed by atoms with Gasteiger partial charge in [-0.3, -0.25) is 4.79 Å². The Hall–Kier alpha value is -1.23. The molecule has 0 fully saturated rings. The van der Waals surface area contributed by atoms with Crippen molar-refractivity contribution in [2.75, 3.05) is 6.54 Å². The van der Waals surface area contributed by atoms with Gasteiger partial charge >= 0.3 is 6.18 Å². The van der Waals surface area contributed by atoms with E-state index in [1.165, 1.54) is 12.1 Å². The molecule has 88 valence electrons. The van der Waals surface area contributed by atoms with Gasteiger partial charge in [-0.1, -0.05) is 17.7 Å². The van der Waals surface area contributed by atoms with Crippen molar-refractivity contribution in [2.24, 2.45) is 0 Å². The minimum Gasteiger partial charge on any atom is -0.343 e. The number of rotatable bonds is 2. The van der Waals surface area contributed by atoms with E-state index in [1.807, 2.05) is 0 Å². The topological polar surface area (TPSA) is 29.1 Å². The van der Waals surface area contributed by atoms with Crippen molar-refractivity contribution in [3.63, 3.8) is 0 Å². The molecule has 0 radical (unpaired) electrons. The molecule has 0 aromatic heterocycles. The Morgan fingerprint density at radius 2 is 2.06 bits per heavy atom. The second kappa shape index (κ2) is 4.74. The van der Waals surface area contributed by atoms with Crippen molar-refractivity contribution < 1.29 is 18.0 Å². The number of nitrogens with one attached hydrogen (secondary N) is 1. The summed E-state index contributed by atoms with van der Waals surface area (Å²) in [7, 11) is 0. The molecule has 0 spiro atoms. The SMILES string of the molecule is Cc1ccc(C(=O)NCC(F)(F)F)c(Cl)c1. The molecule has 0 aliphatic rings. The normalized spacial score (nSPS) is 11.3. The summed E-state index contributed by atoms with van der Waals surface area (Å²) in [5, 5.41) is 1.89. The Kier molecular flexibility index (Phi) is 3.80. The molecule has 2 nitrogen and oxygen atoms in total. The van der Waals surface area contributed by atoms with Crippen LogP contribution in [0.4, 0.5) is 13.2 Å². The van der Waals surface area contributed by atoms with Crippen molar-refractivity contribution >= 4 is 17.5 Å². The monoisotopic (exact) mass is 251 g/mol. The van der Waals surface area contributed by atoms with E-state index in [2.05, 4.69) is 0 Å². The summed E-state index contributed by atoms with van der Waals surface area (Å²) in [6, 6.07) is 4.52. The summed E-state index contributed by atoms with van der Waals surface area (Å²) < 4.78 is 35.5. The maximum Gasteiger partial charge on any atom is 0.405 e. The number of benzene rings is 1. The van der Waals surface area contributed by atoms with E-state index in [0.29, 0.717) is 0 Å². The molecular formula is C10H9ClF3NO. The largest absolute Gasteiger partial charge is 0.405 e. The van der Waals surface area contributed by atoms with Gasteiger partial charge in [0.1, 0.15) is 6.54 Å². The van der Waals surface area contributed by atoms with E-state index in [0.717, 1.165) is 5.56 Å². The standard InChI is InChI=1S/C10H9ClF3NO/c1-6-2-3-7(8(11)4-6)9(16)15-5-10(12,13)14/h2-4H,5H2,1H3,(H,15,16). The third-order valence-electron chi connectivity index (χ3n) is 1.82. The van der Waals surface area contributed by atoms with Gasteiger partial charge in [0.05, 0.1) is 10.6 Å². The molecule has 1 N–H and O–H groups in total. The molecule has 0 aliphatic heterocycles. The van der Waals surface area contributed by atoms with Crippen LogP contribution in [0.1, 0.15) is 15.9 Å². The van der Waals surface area contributed by atoms with Crippen molar-refractivity contribution in [3.05, 3.63) is 34.3 Å². The first-order valence-corrected chi connectivity index (χ1v) is 4.78. The van der Waals surface area contributed by atoms with Gasteiger partial charge in [-0.25, -0.2) is 0 Å². The molecular weight excluding hydrogens is 243 g/mol. The Morgan fingerprint density at radius 3 is 2.56 bits per heavy atom. The number of hydrogen-bond acceptors (Lipinski definition) is 1. The molecule has 1 aromatic rings. The van der Waals surface area contributed by atoms with Crippen molar-refractivity contribution in [2.45, 2.75) is 13.1 Å². The van der Waals surface area contributed by atoms with Gasteiger partial charge in [-0.15, -0.1) is 0 Å². The van der Waals surface area contributed by atoms with Gasteiger partial charge in [0.25, 0.3) is 5.91 Å². The Balaban J connectivity index is 2.74. The number of hydrogen-bond donors (Lipinski definition) is 1. The highest BCUT2D eigenvalue weighted by Crippen LogP contribution is 2.18. The number of alkyl halides is 3. The summed E-state index contributed by atoms with van der Waals surface area (Å²) in [6.45, 7) is 0.402. The molecule has 0 aliphatic carbocycles. The van der Waals surface area contributed by atoms with Crippen LogP contribution in [0.25, 0.3) is 0 Å². The molecule has 0 bridgehead atoms. The molecule has 1 amide bonds. The predicted octanol–water partition coefficient (Wildman–Crippen LogP) is 2.94. The summed E-state index contributed by atoms with van der Waals surface area (Å²) in [5.74, 6) is -0.831. The summed E-state index contributed by atoms with van der Waals surface area (Å²) >= 11 is 5.73. The minimum atomic E-state index is -4.42. The van der Waals surface area contributed by atoms with E-state index >= 15 is 0 Å². The molecule has 1 rings (SSSR count). The van der Waals surface area contributed by atoms with Crippen molar-refractivity contribution in [1.29, 1.82) is 0 Å².